The predicted molar refractivity (Wildman–Crippen MR) is 67.2 cm³/mol. The predicted octanol–water partition coefficient (Wildman–Crippen LogP) is 2.58. The van der Waals surface area contributed by atoms with Crippen LogP contribution >= 0.6 is 0 Å². The number of carbonyl (C=O) groups is 2. The molecule has 0 aliphatic rings. The highest BCUT2D eigenvalue weighted by Gasteiger charge is 2.25. The fourth-order valence-electron chi connectivity index (χ4n) is 1.28. The quantitative estimate of drug-likeness (QED) is 0.546. The second-order valence-corrected chi connectivity index (χ2v) is 5.41. The Morgan fingerprint density at radius 2 is 1.76 bits per heavy atom. The molecular formula is C14H22O3. The fraction of sp³-hybridized carbons (Fsp3) is 0.714. The number of hydrogen-bond acceptors (Lipinski definition) is 3. The van der Waals surface area contributed by atoms with Gasteiger partial charge in [-0.2, -0.15) is 0 Å². The van der Waals surface area contributed by atoms with Gasteiger partial charge in [0.1, 0.15) is 11.4 Å². The van der Waals surface area contributed by atoms with Gasteiger partial charge in [0.2, 0.25) is 0 Å². The third-order valence-electron chi connectivity index (χ3n) is 2.29. The molecule has 0 rings (SSSR count). The monoisotopic (exact) mass is 238 g/mol. The molecule has 0 heterocycles. The van der Waals surface area contributed by atoms with Crippen LogP contribution in [0.3, 0.4) is 0 Å². The number of rotatable bonds is 5. The van der Waals surface area contributed by atoms with Crippen LogP contribution in [0.15, 0.2) is 0 Å². The van der Waals surface area contributed by atoms with Crippen LogP contribution in [0.25, 0.3) is 0 Å². The first-order valence-corrected chi connectivity index (χ1v) is 5.86. The maximum atomic E-state index is 11.7. The molecule has 0 aromatic rings. The summed E-state index contributed by atoms with van der Waals surface area (Å²) in [5, 5.41) is 0. The van der Waals surface area contributed by atoms with Crippen molar-refractivity contribution in [3.8, 4) is 12.3 Å². The molecule has 2 atom stereocenters. The van der Waals surface area contributed by atoms with Crippen molar-refractivity contribution in [2.24, 2.45) is 11.8 Å². The zero-order valence-electron chi connectivity index (χ0n) is 11.4. The lowest BCUT2D eigenvalue weighted by Gasteiger charge is -2.22. The average Bonchev–Trinajstić information content (AvgIpc) is 2.15. The molecule has 3 heteroatoms. The highest BCUT2D eigenvalue weighted by atomic mass is 16.6. The Bertz CT molecular complexity index is 317. The lowest BCUT2D eigenvalue weighted by molar-refractivity contribution is -0.160. The van der Waals surface area contributed by atoms with E-state index in [1.54, 1.807) is 34.6 Å². The van der Waals surface area contributed by atoms with Gasteiger partial charge in [-0.1, -0.05) is 13.8 Å². The first-order chi connectivity index (χ1) is 7.67. The zero-order chi connectivity index (χ0) is 13.6. The number of ether oxygens (including phenoxy) is 1. The molecule has 96 valence electrons. The molecule has 0 fully saturated rings. The Balaban J connectivity index is 4.27. The van der Waals surface area contributed by atoms with Crippen LogP contribution in [0.5, 0.6) is 0 Å². The van der Waals surface area contributed by atoms with Gasteiger partial charge in [0.25, 0.3) is 0 Å². The van der Waals surface area contributed by atoms with Crippen LogP contribution in [0, 0.1) is 24.2 Å². The molecule has 0 spiro atoms. The van der Waals surface area contributed by atoms with E-state index in [4.69, 9.17) is 11.2 Å². The van der Waals surface area contributed by atoms with Crippen molar-refractivity contribution < 1.29 is 14.3 Å². The summed E-state index contributed by atoms with van der Waals surface area (Å²) in [4.78, 5) is 23.4. The largest absolute Gasteiger partial charge is 0.460 e. The van der Waals surface area contributed by atoms with Gasteiger partial charge < -0.3 is 4.74 Å². The van der Waals surface area contributed by atoms with Crippen LogP contribution in [0.1, 0.15) is 47.5 Å². The van der Waals surface area contributed by atoms with Gasteiger partial charge in [-0.25, -0.2) is 0 Å². The van der Waals surface area contributed by atoms with E-state index in [1.165, 1.54) is 0 Å². The Morgan fingerprint density at radius 3 is 2.18 bits per heavy atom. The van der Waals surface area contributed by atoms with Gasteiger partial charge >= 0.3 is 5.97 Å². The lowest BCUT2D eigenvalue weighted by Crippen LogP contribution is -2.29. The number of terminal acetylenes is 1. The summed E-state index contributed by atoms with van der Waals surface area (Å²) < 4.78 is 5.21. The van der Waals surface area contributed by atoms with Crippen LogP contribution in [-0.4, -0.2) is 17.4 Å². The third-order valence-corrected chi connectivity index (χ3v) is 2.29. The average molecular weight is 238 g/mol. The molecule has 0 amide bonds. The summed E-state index contributed by atoms with van der Waals surface area (Å²) in [5.41, 5.74) is -0.515. The molecular weight excluding hydrogens is 216 g/mol. The summed E-state index contributed by atoms with van der Waals surface area (Å²) in [5.74, 6) is 1.53. The van der Waals surface area contributed by atoms with E-state index < -0.39 is 11.5 Å². The molecule has 0 saturated carbocycles. The van der Waals surface area contributed by atoms with Crippen molar-refractivity contribution in [1.82, 2.24) is 0 Å². The van der Waals surface area contributed by atoms with E-state index in [1.807, 2.05) is 0 Å². The summed E-state index contributed by atoms with van der Waals surface area (Å²) in [7, 11) is 0. The minimum absolute atomic E-state index is 0.0151. The summed E-state index contributed by atoms with van der Waals surface area (Å²) in [6.07, 6.45) is 5.76. The normalized spacial score (nSPS) is 14.6. The van der Waals surface area contributed by atoms with Gasteiger partial charge in [0, 0.05) is 18.8 Å². The Hall–Kier alpha value is -1.30. The first kappa shape index (κ1) is 15.7. The van der Waals surface area contributed by atoms with E-state index in [0.717, 1.165) is 0 Å². The van der Waals surface area contributed by atoms with Crippen LogP contribution in [0.4, 0.5) is 0 Å². The Kier molecular flexibility index (Phi) is 5.95. The minimum atomic E-state index is -0.515. The molecule has 0 aromatic heterocycles. The van der Waals surface area contributed by atoms with Gasteiger partial charge in [-0.05, 0) is 20.8 Å². The minimum Gasteiger partial charge on any atom is -0.460 e. The van der Waals surface area contributed by atoms with E-state index in [9.17, 15) is 9.59 Å². The van der Waals surface area contributed by atoms with E-state index in [-0.39, 0.29) is 24.1 Å². The Morgan fingerprint density at radius 1 is 1.24 bits per heavy atom. The molecule has 3 nitrogen and oxygen atoms in total. The summed E-state index contributed by atoms with van der Waals surface area (Å²) in [6, 6.07) is 0. The molecule has 17 heavy (non-hydrogen) atoms. The maximum Gasteiger partial charge on any atom is 0.309 e. The number of hydrogen-bond donors (Lipinski definition) is 0. The van der Waals surface area contributed by atoms with Crippen molar-refractivity contribution in [2.45, 2.75) is 53.1 Å². The van der Waals surface area contributed by atoms with Crippen molar-refractivity contribution in [3.63, 3.8) is 0 Å². The molecule has 0 aliphatic carbocycles. The van der Waals surface area contributed by atoms with Gasteiger partial charge in [0.15, 0.2) is 0 Å². The lowest BCUT2D eigenvalue weighted by atomic mass is 9.94. The highest BCUT2D eigenvalue weighted by Crippen LogP contribution is 2.16. The molecule has 0 radical (unpaired) electrons. The van der Waals surface area contributed by atoms with Crippen molar-refractivity contribution in [1.29, 1.82) is 0 Å². The van der Waals surface area contributed by atoms with Gasteiger partial charge in [0.05, 0.1) is 5.92 Å². The summed E-state index contributed by atoms with van der Waals surface area (Å²) in [6.45, 7) is 8.90. The number of esters is 1. The molecule has 0 unspecified atom stereocenters. The van der Waals surface area contributed by atoms with E-state index in [0.29, 0.717) is 6.42 Å². The van der Waals surface area contributed by atoms with Crippen LogP contribution in [-0.2, 0) is 14.3 Å². The Labute approximate surface area is 104 Å². The third kappa shape index (κ3) is 6.78. The van der Waals surface area contributed by atoms with E-state index >= 15 is 0 Å². The van der Waals surface area contributed by atoms with Crippen molar-refractivity contribution in [2.75, 3.05) is 0 Å². The van der Waals surface area contributed by atoms with Crippen LogP contribution in [0.2, 0.25) is 0 Å². The van der Waals surface area contributed by atoms with Crippen molar-refractivity contribution >= 4 is 11.8 Å². The van der Waals surface area contributed by atoms with Crippen LogP contribution < -0.4 is 0 Å². The first-order valence-electron chi connectivity index (χ1n) is 5.86. The second-order valence-electron chi connectivity index (χ2n) is 5.41. The maximum absolute atomic E-state index is 11.7. The number of ketones is 1. The molecule has 0 bridgehead atoms. The topological polar surface area (TPSA) is 43.4 Å². The second kappa shape index (κ2) is 6.44. The zero-order valence-corrected chi connectivity index (χ0v) is 11.4. The van der Waals surface area contributed by atoms with E-state index in [2.05, 4.69) is 5.92 Å². The highest BCUT2D eigenvalue weighted by molar-refractivity contribution is 5.85. The molecule has 0 saturated heterocycles. The SMILES string of the molecule is C#CC[C@@H](C)C(=O)C[C@H](C)C(=O)OC(C)(C)C. The summed E-state index contributed by atoms with van der Waals surface area (Å²) >= 11 is 0. The molecule has 0 aliphatic heterocycles. The standard InChI is InChI=1S/C14H22O3/c1-7-8-10(2)12(15)9-11(3)13(16)17-14(4,5)6/h1,10-11H,8-9H2,2-6H3/t10-,11+/m1/s1. The smallest absolute Gasteiger partial charge is 0.309 e. The number of Topliss-reactive ketones (excluding diaryl/α,β-unsaturated/α-hetero) is 1. The van der Waals surface area contributed by atoms with Gasteiger partial charge in [-0.15, -0.1) is 12.3 Å². The van der Waals surface area contributed by atoms with Gasteiger partial charge in [-0.3, -0.25) is 9.59 Å². The number of carbonyl (C=O) groups excluding carboxylic acids is 2. The van der Waals surface area contributed by atoms with Crippen molar-refractivity contribution in [3.05, 3.63) is 0 Å². The fourth-order valence-corrected chi connectivity index (χ4v) is 1.28. The molecule has 0 aromatic carbocycles. The molecule has 0 N–H and O–H groups in total.